The summed E-state index contributed by atoms with van der Waals surface area (Å²) in [6.07, 6.45) is 0. The zero-order valence-corrected chi connectivity index (χ0v) is 7.95. The maximum Gasteiger partial charge on any atom is 0.147 e. The second-order valence-corrected chi connectivity index (χ2v) is 3.51. The molecule has 1 aliphatic heterocycles. The first-order valence-corrected chi connectivity index (χ1v) is 4.39. The van der Waals surface area contributed by atoms with Gasteiger partial charge in [0.15, 0.2) is 0 Å². The summed E-state index contributed by atoms with van der Waals surface area (Å²) in [6, 6.07) is 6.12. The Morgan fingerprint density at radius 2 is 2.23 bits per heavy atom. The molecule has 2 rings (SSSR count). The minimum absolute atomic E-state index is 0.0369. The number of fused-ring (bicyclic) bond motifs is 1. The molecule has 0 aromatic heterocycles. The Balaban J connectivity index is 2.51. The van der Waals surface area contributed by atoms with Crippen molar-refractivity contribution >= 4 is 5.69 Å². The van der Waals surface area contributed by atoms with Crippen LogP contribution < -0.4 is 15.4 Å². The first-order valence-electron chi connectivity index (χ1n) is 4.39. The Hall–Kier alpha value is -1.22. The van der Waals surface area contributed by atoms with Gasteiger partial charge in [0.25, 0.3) is 0 Å². The predicted octanol–water partition coefficient (Wildman–Crippen LogP) is 1.14. The highest BCUT2D eigenvalue weighted by Gasteiger charge is 2.23. The van der Waals surface area contributed by atoms with Crippen molar-refractivity contribution in [3.05, 3.63) is 23.8 Å². The van der Waals surface area contributed by atoms with Crippen LogP contribution in [0.2, 0.25) is 0 Å². The van der Waals surface area contributed by atoms with E-state index in [0.717, 1.165) is 17.0 Å². The molecule has 0 saturated carbocycles. The summed E-state index contributed by atoms with van der Waals surface area (Å²) < 4.78 is 5.54. The van der Waals surface area contributed by atoms with E-state index in [2.05, 4.69) is 0 Å². The fraction of sp³-hybridized carbons (Fsp3) is 0.400. The summed E-state index contributed by atoms with van der Waals surface area (Å²) in [4.78, 5) is 2.04. The van der Waals surface area contributed by atoms with E-state index < -0.39 is 0 Å². The molecule has 70 valence electrons. The zero-order chi connectivity index (χ0) is 9.42. The maximum absolute atomic E-state index is 5.87. The van der Waals surface area contributed by atoms with E-state index in [1.54, 1.807) is 0 Å². The fourth-order valence-electron chi connectivity index (χ4n) is 1.61. The van der Waals surface area contributed by atoms with Gasteiger partial charge < -0.3 is 15.4 Å². The Labute approximate surface area is 78.1 Å². The number of anilines is 1. The van der Waals surface area contributed by atoms with Crippen molar-refractivity contribution in [2.24, 2.45) is 5.73 Å². The first kappa shape index (κ1) is 8.38. The third kappa shape index (κ3) is 1.25. The van der Waals surface area contributed by atoms with Gasteiger partial charge in [-0.25, -0.2) is 0 Å². The van der Waals surface area contributed by atoms with Crippen molar-refractivity contribution in [2.75, 3.05) is 25.6 Å². The quantitative estimate of drug-likeness (QED) is 0.701. The number of ether oxygens (including phenoxy) is 1. The highest BCUT2D eigenvalue weighted by Crippen LogP contribution is 2.38. The van der Waals surface area contributed by atoms with E-state index in [1.807, 2.05) is 37.2 Å². The summed E-state index contributed by atoms with van der Waals surface area (Å²) in [5.74, 6) is 0.944. The molecule has 1 atom stereocenters. The monoisotopic (exact) mass is 178 g/mol. The van der Waals surface area contributed by atoms with Gasteiger partial charge in [0.05, 0.1) is 11.7 Å². The van der Waals surface area contributed by atoms with Crippen LogP contribution in [0.15, 0.2) is 18.2 Å². The summed E-state index contributed by atoms with van der Waals surface area (Å²) in [6.45, 7) is 0.597. The lowest BCUT2D eigenvalue weighted by Gasteiger charge is -2.15. The zero-order valence-electron chi connectivity index (χ0n) is 7.95. The third-order valence-corrected chi connectivity index (χ3v) is 2.31. The van der Waals surface area contributed by atoms with Crippen LogP contribution in [-0.4, -0.2) is 20.7 Å². The van der Waals surface area contributed by atoms with Gasteiger partial charge in [-0.15, -0.1) is 0 Å². The normalized spacial score (nSPS) is 19.5. The van der Waals surface area contributed by atoms with Crippen molar-refractivity contribution in [1.82, 2.24) is 0 Å². The van der Waals surface area contributed by atoms with Crippen LogP contribution in [0.4, 0.5) is 5.69 Å². The lowest BCUT2D eigenvalue weighted by atomic mass is 10.1. The predicted molar refractivity (Wildman–Crippen MR) is 53.2 cm³/mol. The highest BCUT2D eigenvalue weighted by molar-refractivity contribution is 5.63. The fourth-order valence-corrected chi connectivity index (χ4v) is 1.61. The van der Waals surface area contributed by atoms with E-state index in [4.69, 9.17) is 10.5 Å². The van der Waals surface area contributed by atoms with Gasteiger partial charge >= 0.3 is 0 Å². The van der Waals surface area contributed by atoms with Crippen molar-refractivity contribution in [1.29, 1.82) is 0 Å². The average Bonchev–Trinajstić information content (AvgIpc) is 2.48. The Bertz CT molecular complexity index is 323. The summed E-state index contributed by atoms with van der Waals surface area (Å²) >= 11 is 0. The maximum atomic E-state index is 5.87. The second kappa shape index (κ2) is 2.92. The topological polar surface area (TPSA) is 38.5 Å². The molecule has 3 nitrogen and oxygen atoms in total. The smallest absolute Gasteiger partial charge is 0.147 e. The molecule has 0 bridgehead atoms. The SMILES string of the molecule is CN(C)c1cccc2c1OC[C@H]2N. The molecule has 0 fully saturated rings. The molecule has 0 saturated heterocycles. The molecule has 0 radical (unpaired) electrons. The molecule has 13 heavy (non-hydrogen) atoms. The molecule has 3 heteroatoms. The lowest BCUT2D eigenvalue weighted by molar-refractivity contribution is 0.334. The van der Waals surface area contributed by atoms with Crippen LogP contribution >= 0.6 is 0 Å². The molecular formula is C10H14N2O. The molecule has 2 N–H and O–H groups in total. The third-order valence-electron chi connectivity index (χ3n) is 2.31. The van der Waals surface area contributed by atoms with Crippen LogP contribution in [0.3, 0.4) is 0 Å². The minimum atomic E-state index is 0.0369. The molecule has 1 aromatic carbocycles. The van der Waals surface area contributed by atoms with Gasteiger partial charge in [-0.3, -0.25) is 0 Å². The van der Waals surface area contributed by atoms with Gasteiger partial charge in [-0.05, 0) is 6.07 Å². The average molecular weight is 178 g/mol. The van der Waals surface area contributed by atoms with Crippen LogP contribution in [-0.2, 0) is 0 Å². The van der Waals surface area contributed by atoms with Crippen molar-refractivity contribution in [3.63, 3.8) is 0 Å². The standard InChI is InChI=1S/C10H14N2O/c1-12(2)9-5-3-4-7-8(11)6-13-10(7)9/h3-5,8H,6,11H2,1-2H3/t8-/m1/s1. The molecule has 0 unspecified atom stereocenters. The molecule has 0 aliphatic carbocycles. The number of nitrogens with zero attached hydrogens (tertiary/aromatic N) is 1. The van der Waals surface area contributed by atoms with Gasteiger partial charge in [0.1, 0.15) is 12.4 Å². The molecular weight excluding hydrogens is 164 g/mol. The number of hydrogen-bond acceptors (Lipinski definition) is 3. The molecule has 1 aliphatic rings. The number of hydrogen-bond donors (Lipinski definition) is 1. The Kier molecular flexibility index (Phi) is 1.88. The van der Waals surface area contributed by atoms with Crippen molar-refractivity contribution < 1.29 is 4.74 Å². The van der Waals surface area contributed by atoms with E-state index in [-0.39, 0.29) is 6.04 Å². The number of nitrogens with two attached hydrogens (primary N) is 1. The number of benzene rings is 1. The number of para-hydroxylation sites is 1. The summed E-state index contributed by atoms with van der Waals surface area (Å²) in [5.41, 5.74) is 8.09. The molecule has 1 aromatic rings. The first-order chi connectivity index (χ1) is 6.20. The van der Waals surface area contributed by atoms with Crippen LogP contribution in [0.1, 0.15) is 11.6 Å². The van der Waals surface area contributed by atoms with Crippen molar-refractivity contribution in [3.8, 4) is 5.75 Å². The van der Waals surface area contributed by atoms with Gasteiger partial charge in [0, 0.05) is 19.7 Å². The highest BCUT2D eigenvalue weighted by atomic mass is 16.5. The minimum Gasteiger partial charge on any atom is -0.489 e. The van der Waals surface area contributed by atoms with E-state index in [9.17, 15) is 0 Å². The largest absolute Gasteiger partial charge is 0.489 e. The van der Waals surface area contributed by atoms with E-state index in [1.165, 1.54) is 0 Å². The lowest BCUT2D eigenvalue weighted by Crippen LogP contribution is -2.10. The van der Waals surface area contributed by atoms with Gasteiger partial charge in [-0.2, -0.15) is 0 Å². The number of rotatable bonds is 1. The second-order valence-electron chi connectivity index (χ2n) is 3.51. The van der Waals surface area contributed by atoms with Crippen LogP contribution in [0.25, 0.3) is 0 Å². The molecule has 0 amide bonds. The van der Waals surface area contributed by atoms with Gasteiger partial charge in [-0.1, -0.05) is 12.1 Å². The van der Waals surface area contributed by atoms with Crippen molar-refractivity contribution in [2.45, 2.75) is 6.04 Å². The molecule has 0 spiro atoms. The summed E-state index contributed by atoms with van der Waals surface area (Å²) in [5, 5.41) is 0. The van der Waals surface area contributed by atoms with E-state index in [0.29, 0.717) is 6.61 Å². The summed E-state index contributed by atoms with van der Waals surface area (Å²) in [7, 11) is 4.01. The Morgan fingerprint density at radius 1 is 1.46 bits per heavy atom. The Morgan fingerprint density at radius 3 is 2.92 bits per heavy atom. The molecule has 1 heterocycles. The van der Waals surface area contributed by atoms with E-state index >= 15 is 0 Å². The van der Waals surface area contributed by atoms with Crippen LogP contribution in [0.5, 0.6) is 5.75 Å². The van der Waals surface area contributed by atoms with Crippen LogP contribution in [0, 0.1) is 0 Å². The van der Waals surface area contributed by atoms with Gasteiger partial charge in [0.2, 0.25) is 0 Å².